The van der Waals surface area contributed by atoms with E-state index in [2.05, 4.69) is 46.9 Å². The molecule has 0 spiro atoms. The zero-order chi connectivity index (χ0) is 40.0. The van der Waals surface area contributed by atoms with Crippen LogP contribution in [0.15, 0.2) is 73.1 Å². The Kier molecular flexibility index (Phi) is 12.7. The molecule has 1 fully saturated rings. The first-order valence-corrected chi connectivity index (χ1v) is 20.4. The molecule has 1 unspecified atom stereocenters. The van der Waals surface area contributed by atoms with Crippen molar-refractivity contribution in [2.45, 2.75) is 52.7 Å². The van der Waals surface area contributed by atoms with Crippen LogP contribution in [0, 0.1) is 6.92 Å². The summed E-state index contributed by atoms with van der Waals surface area (Å²) < 4.78 is 42.3. The lowest BCUT2D eigenvalue weighted by atomic mass is 10.0. The lowest BCUT2D eigenvalue weighted by Gasteiger charge is -2.37. The van der Waals surface area contributed by atoms with E-state index in [0.29, 0.717) is 74.1 Å². The van der Waals surface area contributed by atoms with Gasteiger partial charge >= 0.3 is 0 Å². The Bertz CT molecular complexity index is 2160. The van der Waals surface area contributed by atoms with Crippen LogP contribution >= 0.6 is 0 Å². The van der Waals surface area contributed by atoms with Gasteiger partial charge in [-0.1, -0.05) is 38.1 Å². The smallest absolute Gasteiger partial charge is 0.229 e. The van der Waals surface area contributed by atoms with Gasteiger partial charge in [-0.05, 0) is 72.9 Å². The van der Waals surface area contributed by atoms with Crippen molar-refractivity contribution in [1.82, 2.24) is 34.1 Å². The molecule has 3 aromatic heterocycles. The van der Waals surface area contributed by atoms with Crippen LogP contribution in [0.1, 0.15) is 60.8 Å². The molecule has 0 saturated carbocycles. The molecule has 0 bridgehead atoms. The zero-order valence-corrected chi connectivity index (χ0v) is 34.2. The number of hydrogen-bond acceptors (Lipinski definition) is 13. The van der Waals surface area contributed by atoms with Gasteiger partial charge in [0.15, 0.2) is 5.82 Å². The predicted molar refractivity (Wildman–Crippen MR) is 218 cm³/mol. The number of nitrogens with zero attached hydrogens (tertiary/aromatic N) is 8. The zero-order valence-electron chi connectivity index (χ0n) is 33.4. The van der Waals surface area contributed by atoms with Gasteiger partial charge < -0.3 is 24.4 Å². The minimum absolute atomic E-state index is 0.0590. The molecule has 6 rings (SSSR count). The Balaban J connectivity index is 1.42. The standard InChI is InChI=1S/C41H51N9O5S/c1-27(2)36-22-33(24-43-40(36)55-7)46-38-37(21-32(23-42-38)28(3)48-17-19-50(20-18-48)56(8,51)52)39-44-29(4)45-41(47-39)49(25-30-9-13-34(53-5)14-10-30)26-31-11-15-35(54-6)16-12-31/h9-16,21-24,27-28H,17-20,25-26H2,1-8H3,(H,42,46). The number of methoxy groups -OCH3 is 3. The first-order valence-electron chi connectivity index (χ1n) is 18.6. The molecule has 15 heteroatoms. The molecule has 5 aromatic rings. The lowest BCUT2D eigenvalue weighted by Crippen LogP contribution is -2.48. The van der Waals surface area contributed by atoms with E-state index in [1.807, 2.05) is 67.7 Å². The average Bonchev–Trinajstić information content (AvgIpc) is 3.20. The SMILES string of the molecule is COc1ccc(CN(Cc2ccc(OC)cc2)c2nc(C)nc(-c3cc(C(C)N4CCN(S(C)(=O)=O)CC4)cnc3Nc3cnc(OC)c(C(C)C)c3)n2)cc1. The second-order valence-electron chi connectivity index (χ2n) is 14.2. The number of hydrogen-bond donors (Lipinski definition) is 1. The summed E-state index contributed by atoms with van der Waals surface area (Å²) in [5, 5.41) is 3.50. The molecule has 56 heavy (non-hydrogen) atoms. The Hall–Kier alpha value is -5.38. The second kappa shape index (κ2) is 17.6. The average molecular weight is 782 g/mol. The van der Waals surface area contributed by atoms with E-state index in [0.717, 1.165) is 39.4 Å². The normalized spacial score (nSPS) is 14.4. The van der Waals surface area contributed by atoms with Gasteiger partial charge in [0.2, 0.25) is 21.9 Å². The van der Waals surface area contributed by atoms with Crippen LogP contribution in [0.5, 0.6) is 17.4 Å². The highest BCUT2D eigenvalue weighted by atomic mass is 32.2. The summed E-state index contributed by atoms with van der Waals surface area (Å²) in [6.45, 7) is 11.3. The fourth-order valence-corrected chi connectivity index (χ4v) is 7.53. The number of piperazine rings is 1. The summed E-state index contributed by atoms with van der Waals surface area (Å²) in [5.74, 6) is 4.37. The van der Waals surface area contributed by atoms with E-state index in [1.165, 1.54) is 10.6 Å². The topological polar surface area (TPSA) is 148 Å². The molecule has 1 aliphatic heterocycles. The molecule has 1 N–H and O–H groups in total. The molecule has 296 valence electrons. The van der Waals surface area contributed by atoms with E-state index < -0.39 is 10.0 Å². The molecule has 1 aliphatic rings. The number of anilines is 3. The lowest BCUT2D eigenvalue weighted by molar-refractivity contribution is 0.146. The highest BCUT2D eigenvalue weighted by Gasteiger charge is 2.28. The van der Waals surface area contributed by atoms with Gasteiger partial charge in [-0.15, -0.1) is 0 Å². The Labute approximate surface area is 330 Å². The van der Waals surface area contributed by atoms with E-state index in [1.54, 1.807) is 27.5 Å². The third kappa shape index (κ3) is 9.70. The molecule has 2 aromatic carbocycles. The van der Waals surface area contributed by atoms with E-state index in [-0.39, 0.29) is 12.0 Å². The maximum Gasteiger partial charge on any atom is 0.229 e. The van der Waals surface area contributed by atoms with E-state index in [9.17, 15) is 8.42 Å². The number of nitrogens with one attached hydrogen (secondary N) is 1. The molecule has 1 saturated heterocycles. The van der Waals surface area contributed by atoms with Crippen LogP contribution < -0.4 is 24.4 Å². The van der Waals surface area contributed by atoms with Crippen LogP contribution in [0.3, 0.4) is 0 Å². The van der Waals surface area contributed by atoms with Gasteiger partial charge in [0.25, 0.3) is 0 Å². The van der Waals surface area contributed by atoms with Crippen molar-refractivity contribution >= 4 is 27.5 Å². The number of aryl methyl sites for hydroxylation is 1. The highest BCUT2D eigenvalue weighted by Crippen LogP contribution is 2.34. The molecule has 14 nitrogen and oxygen atoms in total. The number of benzene rings is 2. The van der Waals surface area contributed by atoms with Crippen LogP contribution in [0.25, 0.3) is 11.4 Å². The summed E-state index contributed by atoms with van der Waals surface area (Å²) in [6.07, 6.45) is 4.84. The number of rotatable bonds is 15. The fourth-order valence-electron chi connectivity index (χ4n) is 6.70. The first kappa shape index (κ1) is 40.3. The fraction of sp³-hybridized carbons (Fsp3) is 0.390. The summed E-state index contributed by atoms with van der Waals surface area (Å²) in [7, 11) is 1.67. The van der Waals surface area contributed by atoms with Crippen molar-refractivity contribution in [3.05, 3.63) is 101 Å². The molecular formula is C41H51N9O5S. The molecule has 4 heterocycles. The minimum Gasteiger partial charge on any atom is -0.497 e. The number of ether oxygens (including phenoxy) is 3. The van der Waals surface area contributed by atoms with Crippen LogP contribution in [0.2, 0.25) is 0 Å². The Morgan fingerprint density at radius 1 is 0.786 bits per heavy atom. The molecule has 0 radical (unpaired) electrons. The third-order valence-electron chi connectivity index (χ3n) is 9.96. The van der Waals surface area contributed by atoms with Crippen molar-refractivity contribution in [1.29, 1.82) is 0 Å². The summed E-state index contributed by atoms with van der Waals surface area (Å²) in [4.78, 5) is 28.8. The Morgan fingerprint density at radius 2 is 1.39 bits per heavy atom. The highest BCUT2D eigenvalue weighted by molar-refractivity contribution is 7.88. The molecular weight excluding hydrogens is 731 g/mol. The van der Waals surface area contributed by atoms with Gasteiger partial charge in [-0.2, -0.15) is 14.3 Å². The van der Waals surface area contributed by atoms with Gasteiger partial charge in [-0.3, -0.25) is 4.90 Å². The monoisotopic (exact) mass is 781 g/mol. The van der Waals surface area contributed by atoms with Gasteiger partial charge in [0.05, 0.1) is 45.0 Å². The first-order chi connectivity index (χ1) is 26.8. The van der Waals surface area contributed by atoms with Crippen LogP contribution in [-0.4, -0.2) is 96.3 Å². The van der Waals surface area contributed by atoms with Crippen molar-refractivity contribution in [3.63, 3.8) is 0 Å². The third-order valence-corrected chi connectivity index (χ3v) is 11.3. The second-order valence-corrected chi connectivity index (χ2v) is 16.2. The minimum atomic E-state index is -3.26. The Morgan fingerprint density at radius 3 is 1.93 bits per heavy atom. The predicted octanol–water partition coefficient (Wildman–Crippen LogP) is 6.37. The summed E-state index contributed by atoms with van der Waals surface area (Å²) in [6, 6.07) is 20.0. The number of sulfonamides is 1. The largest absolute Gasteiger partial charge is 0.497 e. The van der Waals surface area contributed by atoms with Gasteiger partial charge in [-0.25, -0.2) is 23.4 Å². The van der Waals surface area contributed by atoms with Crippen LogP contribution in [-0.2, 0) is 23.1 Å². The maximum atomic E-state index is 12.2. The van der Waals surface area contributed by atoms with Gasteiger partial charge in [0.1, 0.15) is 23.1 Å². The number of aromatic nitrogens is 5. The van der Waals surface area contributed by atoms with Crippen molar-refractivity contribution in [3.8, 4) is 28.8 Å². The molecule has 1 atom stereocenters. The van der Waals surface area contributed by atoms with E-state index in [4.69, 9.17) is 34.1 Å². The van der Waals surface area contributed by atoms with Gasteiger partial charge in [0, 0.05) is 57.1 Å². The quantitative estimate of drug-likeness (QED) is 0.126. The van der Waals surface area contributed by atoms with E-state index >= 15 is 0 Å². The van der Waals surface area contributed by atoms with Crippen molar-refractivity contribution in [2.75, 3.05) is 64.0 Å². The molecule has 0 amide bonds. The van der Waals surface area contributed by atoms with Crippen LogP contribution in [0.4, 0.5) is 17.5 Å². The summed E-state index contributed by atoms with van der Waals surface area (Å²) >= 11 is 0. The summed E-state index contributed by atoms with van der Waals surface area (Å²) in [5.41, 5.74) is 5.45. The number of pyridine rings is 2. The van der Waals surface area contributed by atoms with Crippen molar-refractivity contribution in [2.24, 2.45) is 0 Å². The van der Waals surface area contributed by atoms with Crippen molar-refractivity contribution < 1.29 is 22.6 Å². The maximum absolute atomic E-state index is 12.2. The molecule has 0 aliphatic carbocycles.